The quantitative estimate of drug-likeness (QED) is 0.558. The fraction of sp³-hybridized carbons (Fsp3) is 0.292. The van der Waals surface area contributed by atoms with Crippen molar-refractivity contribution in [2.75, 3.05) is 6.54 Å². The molecule has 0 aliphatic carbocycles. The van der Waals surface area contributed by atoms with Crippen LogP contribution in [-0.2, 0) is 19.5 Å². The summed E-state index contributed by atoms with van der Waals surface area (Å²) in [6.07, 6.45) is 5.06. The summed E-state index contributed by atoms with van der Waals surface area (Å²) in [7, 11) is 0. The molecule has 4 aromatic rings. The third kappa shape index (κ3) is 2.85. The predicted octanol–water partition coefficient (Wildman–Crippen LogP) is 4.84. The number of hydrogen-bond acceptors (Lipinski definition) is 2. The van der Waals surface area contributed by atoms with Crippen LogP contribution in [0.2, 0.25) is 0 Å². The van der Waals surface area contributed by atoms with E-state index in [4.69, 9.17) is 0 Å². The molecule has 28 heavy (non-hydrogen) atoms. The van der Waals surface area contributed by atoms with E-state index in [1.165, 1.54) is 33.3 Å². The van der Waals surface area contributed by atoms with E-state index in [9.17, 15) is 0 Å². The molecule has 1 atom stereocenters. The molecule has 3 heterocycles. The molecule has 4 nitrogen and oxygen atoms in total. The molecular formula is C24H26N4. The molecule has 1 aliphatic heterocycles. The zero-order valence-corrected chi connectivity index (χ0v) is 16.5. The first-order chi connectivity index (χ1) is 13.7. The molecule has 4 heteroatoms. The van der Waals surface area contributed by atoms with Crippen LogP contribution in [0.4, 0.5) is 0 Å². The number of nitrogens with one attached hydrogen (secondary N) is 1. The van der Waals surface area contributed by atoms with Crippen LogP contribution in [0, 0.1) is 6.92 Å². The van der Waals surface area contributed by atoms with Gasteiger partial charge in [0.15, 0.2) is 0 Å². The Morgan fingerprint density at radius 3 is 2.89 bits per heavy atom. The van der Waals surface area contributed by atoms with Crippen LogP contribution in [0.3, 0.4) is 0 Å². The van der Waals surface area contributed by atoms with Crippen molar-refractivity contribution in [3.8, 4) is 0 Å². The highest BCUT2D eigenvalue weighted by molar-refractivity contribution is 5.85. The highest BCUT2D eigenvalue weighted by Gasteiger charge is 2.32. The number of aryl methyl sites for hydroxylation is 2. The van der Waals surface area contributed by atoms with Crippen LogP contribution in [-0.4, -0.2) is 26.0 Å². The van der Waals surface area contributed by atoms with E-state index in [1.54, 1.807) is 0 Å². The van der Waals surface area contributed by atoms with Gasteiger partial charge in [0.05, 0.1) is 12.6 Å². The van der Waals surface area contributed by atoms with E-state index in [2.05, 4.69) is 88.0 Å². The van der Waals surface area contributed by atoms with Crippen molar-refractivity contribution >= 4 is 10.9 Å². The van der Waals surface area contributed by atoms with Crippen molar-refractivity contribution in [2.45, 2.75) is 39.4 Å². The zero-order valence-electron chi connectivity index (χ0n) is 16.5. The van der Waals surface area contributed by atoms with Crippen LogP contribution < -0.4 is 0 Å². The van der Waals surface area contributed by atoms with Crippen molar-refractivity contribution < 1.29 is 0 Å². The largest absolute Gasteiger partial charge is 0.357 e. The van der Waals surface area contributed by atoms with Gasteiger partial charge in [0.1, 0.15) is 5.82 Å². The Morgan fingerprint density at radius 1 is 1.14 bits per heavy atom. The SMILES string of the molecule is CCn1ccnc1CN1CCc2c([nH]c3ccccc23)C1c1cccc(C)c1. The normalized spacial score (nSPS) is 17.1. The minimum absolute atomic E-state index is 0.220. The van der Waals surface area contributed by atoms with E-state index in [0.29, 0.717) is 0 Å². The van der Waals surface area contributed by atoms with E-state index < -0.39 is 0 Å². The van der Waals surface area contributed by atoms with Gasteiger partial charge in [-0.25, -0.2) is 4.98 Å². The van der Waals surface area contributed by atoms with Crippen LogP contribution in [0.15, 0.2) is 60.9 Å². The van der Waals surface area contributed by atoms with Gasteiger partial charge in [-0.3, -0.25) is 4.90 Å². The molecule has 1 unspecified atom stereocenters. The van der Waals surface area contributed by atoms with Crippen molar-refractivity contribution in [1.82, 2.24) is 19.4 Å². The number of fused-ring (bicyclic) bond motifs is 3. The molecule has 2 aromatic carbocycles. The van der Waals surface area contributed by atoms with Crippen molar-refractivity contribution in [3.63, 3.8) is 0 Å². The van der Waals surface area contributed by atoms with Crippen LogP contribution in [0.25, 0.3) is 10.9 Å². The molecule has 142 valence electrons. The highest BCUT2D eigenvalue weighted by Crippen LogP contribution is 2.39. The average Bonchev–Trinajstić information content (AvgIpc) is 3.31. The Hall–Kier alpha value is -2.85. The van der Waals surface area contributed by atoms with Crippen LogP contribution in [0.1, 0.15) is 41.2 Å². The van der Waals surface area contributed by atoms with Gasteiger partial charge in [0.25, 0.3) is 0 Å². The second-order valence-corrected chi connectivity index (χ2v) is 7.73. The third-order valence-corrected chi connectivity index (χ3v) is 5.98. The van der Waals surface area contributed by atoms with Gasteiger partial charge in [-0.05, 0) is 37.5 Å². The molecule has 0 saturated carbocycles. The number of rotatable bonds is 4. The molecule has 0 amide bonds. The molecular weight excluding hydrogens is 344 g/mol. The Labute approximate surface area is 165 Å². The number of aromatic amines is 1. The molecule has 1 N–H and O–H groups in total. The summed E-state index contributed by atoms with van der Waals surface area (Å²) >= 11 is 0. The third-order valence-electron chi connectivity index (χ3n) is 5.98. The molecule has 0 radical (unpaired) electrons. The first-order valence-electron chi connectivity index (χ1n) is 10.1. The lowest BCUT2D eigenvalue weighted by atomic mass is 9.91. The van der Waals surface area contributed by atoms with Gasteiger partial charge in [-0.15, -0.1) is 0 Å². The number of H-pyrrole nitrogens is 1. The first-order valence-corrected chi connectivity index (χ1v) is 10.1. The van der Waals surface area contributed by atoms with Gasteiger partial charge in [-0.1, -0.05) is 48.0 Å². The Bertz CT molecular complexity index is 1120. The van der Waals surface area contributed by atoms with Crippen molar-refractivity contribution in [1.29, 1.82) is 0 Å². The van der Waals surface area contributed by atoms with E-state index in [1.807, 2.05) is 6.20 Å². The maximum Gasteiger partial charge on any atom is 0.122 e. The standard InChI is InChI=1S/C24H26N4/c1-3-27-14-12-25-22(27)16-28-13-11-20-19-9-4-5-10-21(19)26-23(20)24(28)18-8-6-7-17(2)15-18/h4-10,12,14-15,24,26H,3,11,13,16H2,1-2H3. The average molecular weight is 371 g/mol. The summed E-state index contributed by atoms with van der Waals surface area (Å²) in [5.74, 6) is 1.14. The van der Waals surface area contributed by atoms with Gasteiger partial charge in [0, 0.05) is 42.1 Å². The lowest BCUT2D eigenvalue weighted by molar-refractivity contribution is 0.194. The summed E-state index contributed by atoms with van der Waals surface area (Å²) in [5.41, 5.74) is 6.70. The maximum absolute atomic E-state index is 4.64. The minimum atomic E-state index is 0.220. The van der Waals surface area contributed by atoms with Crippen molar-refractivity contribution in [3.05, 3.63) is 89.1 Å². The van der Waals surface area contributed by atoms with Crippen molar-refractivity contribution in [2.24, 2.45) is 0 Å². The van der Waals surface area contributed by atoms with Gasteiger partial charge >= 0.3 is 0 Å². The monoisotopic (exact) mass is 370 g/mol. The van der Waals surface area contributed by atoms with E-state index >= 15 is 0 Å². The fourth-order valence-corrected chi connectivity index (χ4v) is 4.64. The Kier molecular flexibility index (Phi) is 4.29. The molecule has 5 rings (SSSR count). The number of para-hydroxylation sites is 1. The molecule has 0 spiro atoms. The minimum Gasteiger partial charge on any atom is -0.357 e. The highest BCUT2D eigenvalue weighted by atomic mass is 15.2. The Morgan fingerprint density at radius 2 is 2.04 bits per heavy atom. The molecule has 0 bridgehead atoms. The van der Waals surface area contributed by atoms with E-state index in [0.717, 1.165) is 31.9 Å². The van der Waals surface area contributed by atoms with Gasteiger partial charge in [0.2, 0.25) is 0 Å². The topological polar surface area (TPSA) is 36.9 Å². The molecule has 1 aliphatic rings. The summed E-state index contributed by atoms with van der Waals surface area (Å²) in [6, 6.07) is 17.8. The summed E-state index contributed by atoms with van der Waals surface area (Å²) < 4.78 is 2.24. The summed E-state index contributed by atoms with van der Waals surface area (Å²) in [5, 5.41) is 1.37. The summed E-state index contributed by atoms with van der Waals surface area (Å²) in [6.45, 7) is 7.19. The van der Waals surface area contributed by atoms with E-state index in [-0.39, 0.29) is 6.04 Å². The lowest BCUT2D eigenvalue weighted by Gasteiger charge is -2.36. The van der Waals surface area contributed by atoms with Gasteiger partial charge in [-0.2, -0.15) is 0 Å². The second-order valence-electron chi connectivity index (χ2n) is 7.73. The zero-order chi connectivity index (χ0) is 19.1. The van der Waals surface area contributed by atoms with Crippen LogP contribution in [0.5, 0.6) is 0 Å². The number of aromatic nitrogens is 3. The smallest absolute Gasteiger partial charge is 0.122 e. The molecule has 0 saturated heterocycles. The number of nitrogens with zero attached hydrogens (tertiary/aromatic N) is 3. The lowest BCUT2D eigenvalue weighted by Crippen LogP contribution is -2.36. The Balaban J connectivity index is 1.63. The number of benzene rings is 2. The summed E-state index contributed by atoms with van der Waals surface area (Å²) in [4.78, 5) is 11.0. The second kappa shape index (κ2) is 6.95. The molecule has 2 aromatic heterocycles. The fourth-order valence-electron chi connectivity index (χ4n) is 4.64. The first kappa shape index (κ1) is 17.3. The predicted molar refractivity (Wildman–Crippen MR) is 113 cm³/mol. The number of imidazole rings is 1. The van der Waals surface area contributed by atoms with Crippen LogP contribution >= 0.6 is 0 Å². The molecule has 0 fully saturated rings. The van der Waals surface area contributed by atoms with Gasteiger partial charge < -0.3 is 9.55 Å². The maximum atomic E-state index is 4.64. The number of hydrogen-bond donors (Lipinski definition) is 1.